The van der Waals surface area contributed by atoms with Crippen molar-refractivity contribution < 1.29 is 9.13 Å². The average molecular weight is 221 g/mol. The van der Waals surface area contributed by atoms with Crippen LogP contribution in [0, 0.1) is 18.2 Å². The summed E-state index contributed by atoms with van der Waals surface area (Å²) in [5, 5.41) is 3.15. The molecule has 1 N–H and O–H groups in total. The Morgan fingerprint density at radius 1 is 1.56 bits per heavy atom. The Kier molecular flexibility index (Phi) is 4.81. The van der Waals surface area contributed by atoms with E-state index in [4.69, 9.17) is 11.2 Å². The molecule has 0 aromatic heterocycles. The minimum absolute atomic E-state index is 0.130. The first kappa shape index (κ1) is 12.5. The van der Waals surface area contributed by atoms with E-state index in [9.17, 15) is 4.39 Å². The van der Waals surface area contributed by atoms with Gasteiger partial charge >= 0.3 is 0 Å². The third kappa shape index (κ3) is 2.98. The van der Waals surface area contributed by atoms with E-state index in [-0.39, 0.29) is 17.6 Å². The monoisotopic (exact) mass is 221 g/mol. The van der Waals surface area contributed by atoms with Gasteiger partial charge < -0.3 is 10.1 Å². The fraction of sp³-hybridized carbons (Fsp3) is 0.385. The predicted molar refractivity (Wildman–Crippen MR) is 62.8 cm³/mol. The van der Waals surface area contributed by atoms with Gasteiger partial charge in [-0.05, 0) is 31.2 Å². The Labute approximate surface area is 95.8 Å². The number of hydrogen-bond acceptors (Lipinski definition) is 2. The fourth-order valence-corrected chi connectivity index (χ4v) is 1.60. The van der Waals surface area contributed by atoms with Crippen LogP contribution in [0.25, 0.3) is 0 Å². The molecule has 1 aromatic rings. The van der Waals surface area contributed by atoms with Gasteiger partial charge in [-0.2, -0.15) is 0 Å². The van der Waals surface area contributed by atoms with E-state index in [1.54, 1.807) is 12.1 Å². The summed E-state index contributed by atoms with van der Waals surface area (Å²) in [6, 6.07) is 4.99. The minimum Gasteiger partial charge on any atom is -0.494 e. The lowest BCUT2D eigenvalue weighted by Crippen LogP contribution is -2.16. The summed E-state index contributed by atoms with van der Waals surface area (Å²) in [7, 11) is 3.31. The molecule has 1 aromatic carbocycles. The van der Waals surface area contributed by atoms with Crippen LogP contribution in [-0.4, -0.2) is 14.2 Å². The van der Waals surface area contributed by atoms with Crippen molar-refractivity contribution in [3.8, 4) is 18.1 Å². The quantitative estimate of drug-likeness (QED) is 0.771. The molecule has 1 atom stereocenters. The molecule has 0 saturated carbocycles. The topological polar surface area (TPSA) is 21.3 Å². The van der Waals surface area contributed by atoms with Crippen molar-refractivity contribution in [3.05, 3.63) is 29.6 Å². The van der Waals surface area contributed by atoms with Crippen LogP contribution in [0.4, 0.5) is 4.39 Å². The van der Waals surface area contributed by atoms with Crippen molar-refractivity contribution >= 4 is 0 Å². The van der Waals surface area contributed by atoms with E-state index >= 15 is 0 Å². The molecule has 16 heavy (non-hydrogen) atoms. The molecule has 0 aliphatic rings. The van der Waals surface area contributed by atoms with Crippen LogP contribution in [0.5, 0.6) is 5.75 Å². The van der Waals surface area contributed by atoms with Crippen molar-refractivity contribution in [2.75, 3.05) is 14.2 Å². The van der Waals surface area contributed by atoms with Gasteiger partial charge in [0.1, 0.15) is 0 Å². The first-order chi connectivity index (χ1) is 7.72. The molecule has 3 heteroatoms. The zero-order chi connectivity index (χ0) is 12.0. The second-order valence-corrected chi connectivity index (χ2v) is 3.48. The van der Waals surface area contributed by atoms with Crippen molar-refractivity contribution in [1.82, 2.24) is 5.32 Å². The van der Waals surface area contributed by atoms with Gasteiger partial charge in [0.15, 0.2) is 11.6 Å². The highest BCUT2D eigenvalue weighted by Crippen LogP contribution is 2.24. The maximum atomic E-state index is 13.2. The van der Waals surface area contributed by atoms with E-state index in [0.29, 0.717) is 6.42 Å². The van der Waals surface area contributed by atoms with Gasteiger partial charge in [0, 0.05) is 12.5 Å². The molecule has 1 unspecified atom stereocenters. The van der Waals surface area contributed by atoms with Crippen molar-refractivity contribution in [2.45, 2.75) is 18.9 Å². The Bertz CT molecular complexity index is 384. The van der Waals surface area contributed by atoms with Gasteiger partial charge in [-0.1, -0.05) is 6.07 Å². The van der Waals surface area contributed by atoms with Crippen molar-refractivity contribution in [1.29, 1.82) is 0 Å². The van der Waals surface area contributed by atoms with Gasteiger partial charge in [-0.3, -0.25) is 0 Å². The molecule has 0 aliphatic carbocycles. The standard InChI is InChI=1S/C13H16FNO/c1-4-5-6-12(15-2)10-7-8-11(14)13(9-10)16-3/h1,7-9,12,15H,5-6H2,2-3H3. The van der Waals surface area contributed by atoms with E-state index in [1.807, 2.05) is 7.05 Å². The van der Waals surface area contributed by atoms with E-state index < -0.39 is 0 Å². The normalized spacial score (nSPS) is 11.9. The van der Waals surface area contributed by atoms with E-state index in [0.717, 1.165) is 12.0 Å². The van der Waals surface area contributed by atoms with Crippen molar-refractivity contribution in [2.24, 2.45) is 0 Å². The number of ether oxygens (including phenoxy) is 1. The van der Waals surface area contributed by atoms with Gasteiger partial charge in [0.25, 0.3) is 0 Å². The molecule has 0 radical (unpaired) electrons. The van der Waals surface area contributed by atoms with Gasteiger partial charge in [0.2, 0.25) is 0 Å². The molecule has 86 valence electrons. The van der Waals surface area contributed by atoms with Crippen LogP contribution in [-0.2, 0) is 0 Å². The highest BCUT2D eigenvalue weighted by atomic mass is 19.1. The second kappa shape index (κ2) is 6.14. The third-order valence-corrected chi connectivity index (χ3v) is 2.50. The molecule has 0 saturated heterocycles. The van der Waals surface area contributed by atoms with Crippen LogP contribution >= 0.6 is 0 Å². The zero-order valence-electron chi connectivity index (χ0n) is 9.59. The number of hydrogen-bond donors (Lipinski definition) is 1. The van der Waals surface area contributed by atoms with E-state index in [1.165, 1.54) is 13.2 Å². The molecule has 1 rings (SSSR count). The number of halogens is 1. The van der Waals surface area contributed by atoms with Crippen LogP contribution in [0.2, 0.25) is 0 Å². The number of rotatable bonds is 5. The first-order valence-corrected chi connectivity index (χ1v) is 5.17. The molecular formula is C13H16FNO. The SMILES string of the molecule is C#CCCC(NC)c1ccc(F)c(OC)c1. The second-order valence-electron chi connectivity index (χ2n) is 3.48. The summed E-state index contributed by atoms with van der Waals surface area (Å²) in [6.45, 7) is 0. The summed E-state index contributed by atoms with van der Waals surface area (Å²) in [5.74, 6) is 2.51. The number of methoxy groups -OCH3 is 1. The van der Waals surface area contributed by atoms with Gasteiger partial charge in [-0.25, -0.2) is 4.39 Å². The van der Waals surface area contributed by atoms with Gasteiger partial charge in [0.05, 0.1) is 7.11 Å². The largest absolute Gasteiger partial charge is 0.494 e. The summed E-state index contributed by atoms with van der Waals surface area (Å²) >= 11 is 0. The average Bonchev–Trinajstić information content (AvgIpc) is 2.32. The minimum atomic E-state index is -0.349. The van der Waals surface area contributed by atoms with Crippen LogP contribution in [0.1, 0.15) is 24.4 Å². The highest BCUT2D eigenvalue weighted by molar-refractivity contribution is 5.32. The summed E-state index contributed by atoms with van der Waals surface area (Å²) in [5.41, 5.74) is 0.982. The summed E-state index contributed by atoms with van der Waals surface area (Å²) < 4.78 is 18.2. The molecular weight excluding hydrogens is 205 g/mol. The summed E-state index contributed by atoms with van der Waals surface area (Å²) in [4.78, 5) is 0. The molecule has 0 bridgehead atoms. The molecule has 2 nitrogen and oxygen atoms in total. The first-order valence-electron chi connectivity index (χ1n) is 5.17. The molecule has 0 heterocycles. The van der Waals surface area contributed by atoms with Gasteiger partial charge in [-0.15, -0.1) is 12.3 Å². The van der Waals surface area contributed by atoms with Crippen LogP contribution in [0.3, 0.4) is 0 Å². The lowest BCUT2D eigenvalue weighted by atomic mass is 10.0. The number of benzene rings is 1. The Morgan fingerprint density at radius 3 is 2.88 bits per heavy atom. The van der Waals surface area contributed by atoms with Crippen LogP contribution < -0.4 is 10.1 Å². The van der Waals surface area contributed by atoms with Crippen molar-refractivity contribution in [3.63, 3.8) is 0 Å². The molecule has 0 amide bonds. The Morgan fingerprint density at radius 2 is 2.31 bits per heavy atom. The van der Waals surface area contributed by atoms with Crippen LogP contribution in [0.15, 0.2) is 18.2 Å². The Balaban J connectivity index is 2.88. The number of terminal acetylenes is 1. The molecule has 0 spiro atoms. The fourth-order valence-electron chi connectivity index (χ4n) is 1.60. The zero-order valence-corrected chi connectivity index (χ0v) is 9.59. The smallest absolute Gasteiger partial charge is 0.165 e. The van der Waals surface area contributed by atoms with E-state index in [2.05, 4.69) is 11.2 Å². The Hall–Kier alpha value is -1.53. The number of nitrogens with one attached hydrogen (secondary N) is 1. The maximum Gasteiger partial charge on any atom is 0.165 e. The predicted octanol–water partition coefficient (Wildman–Crippen LogP) is 2.51. The highest BCUT2D eigenvalue weighted by Gasteiger charge is 2.11. The lowest BCUT2D eigenvalue weighted by Gasteiger charge is -2.16. The molecule has 0 aliphatic heterocycles. The third-order valence-electron chi connectivity index (χ3n) is 2.50. The maximum absolute atomic E-state index is 13.2. The lowest BCUT2D eigenvalue weighted by molar-refractivity contribution is 0.384. The summed E-state index contributed by atoms with van der Waals surface area (Å²) in [6.07, 6.45) is 6.73. The molecule has 0 fully saturated rings.